The Balaban J connectivity index is 2.35. The van der Waals surface area contributed by atoms with Crippen molar-refractivity contribution in [3.63, 3.8) is 0 Å². The summed E-state index contributed by atoms with van der Waals surface area (Å²) >= 11 is 4.86. The van der Waals surface area contributed by atoms with Crippen LogP contribution in [-0.2, 0) is 9.84 Å². The average molecular weight is 393 g/mol. The zero-order valence-corrected chi connectivity index (χ0v) is 14.8. The third-order valence-electron chi connectivity index (χ3n) is 3.33. The number of sulfone groups is 1. The number of carbonyl (C=O) groups excluding carboxylic acids is 1. The van der Waals surface area contributed by atoms with Crippen LogP contribution in [0.5, 0.6) is 0 Å². The Morgan fingerprint density at radius 3 is 2.81 bits per heavy atom. The third kappa shape index (κ3) is 3.73. The van der Waals surface area contributed by atoms with Gasteiger partial charge in [0.25, 0.3) is 5.91 Å². The van der Waals surface area contributed by atoms with Crippen molar-refractivity contribution in [1.82, 2.24) is 4.90 Å². The van der Waals surface area contributed by atoms with Gasteiger partial charge >= 0.3 is 0 Å². The van der Waals surface area contributed by atoms with E-state index in [0.29, 0.717) is 28.0 Å². The van der Waals surface area contributed by atoms with E-state index >= 15 is 0 Å². The number of nitrogens with two attached hydrogens (primary N) is 1. The van der Waals surface area contributed by atoms with Gasteiger partial charge < -0.3 is 10.6 Å². The Labute approximate surface area is 137 Å². The van der Waals surface area contributed by atoms with E-state index in [1.165, 1.54) is 4.90 Å². The van der Waals surface area contributed by atoms with Gasteiger partial charge in [-0.25, -0.2) is 8.42 Å². The number of amides is 1. The molecule has 0 radical (unpaired) electrons. The van der Waals surface area contributed by atoms with Crippen molar-refractivity contribution in [3.05, 3.63) is 28.2 Å². The van der Waals surface area contributed by atoms with Crippen LogP contribution in [0.3, 0.4) is 0 Å². The normalized spacial score (nSPS) is 19.5. The molecule has 1 atom stereocenters. The van der Waals surface area contributed by atoms with E-state index in [9.17, 15) is 13.2 Å². The molecule has 1 aliphatic heterocycles. The first-order valence-electron chi connectivity index (χ1n) is 6.51. The summed E-state index contributed by atoms with van der Waals surface area (Å²) in [5, 5.41) is -0.756. The van der Waals surface area contributed by atoms with E-state index in [1.54, 1.807) is 36.9 Å². The molecule has 0 aromatic heterocycles. The zero-order valence-electron chi connectivity index (χ0n) is 11.6. The van der Waals surface area contributed by atoms with Crippen molar-refractivity contribution in [2.75, 3.05) is 29.5 Å². The lowest BCUT2D eigenvalue weighted by atomic mass is 10.1. The molecule has 0 saturated carbocycles. The van der Waals surface area contributed by atoms with Gasteiger partial charge in [-0.05, 0) is 18.2 Å². The summed E-state index contributed by atoms with van der Waals surface area (Å²) in [5.74, 6) is 0.907. The number of thioether (sulfide) groups is 1. The minimum atomic E-state index is -3.30. The number of carbonyl (C=O) groups is 1. The van der Waals surface area contributed by atoms with Gasteiger partial charge in [0.2, 0.25) is 0 Å². The van der Waals surface area contributed by atoms with E-state index < -0.39 is 15.2 Å². The molecule has 1 heterocycles. The van der Waals surface area contributed by atoms with Crippen LogP contribution in [0.15, 0.2) is 22.7 Å². The van der Waals surface area contributed by atoms with E-state index in [0.717, 1.165) is 5.75 Å². The van der Waals surface area contributed by atoms with Gasteiger partial charge in [0.1, 0.15) is 5.37 Å². The summed E-state index contributed by atoms with van der Waals surface area (Å²) in [6, 6.07) is 4.93. The number of nitrogens with zero attached hydrogens (tertiary/aromatic N) is 1. The van der Waals surface area contributed by atoms with Crippen LogP contribution in [0, 0.1) is 0 Å². The van der Waals surface area contributed by atoms with Gasteiger partial charge in [-0.1, -0.05) is 22.9 Å². The molecule has 1 amide bonds. The fraction of sp³-hybridized carbons (Fsp3) is 0.462. The van der Waals surface area contributed by atoms with Crippen molar-refractivity contribution < 1.29 is 13.2 Å². The van der Waals surface area contributed by atoms with Gasteiger partial charge in [0.05, 0.1) is 0 Å². The minimum absolute atomic E-state index is 0.0304. The maximum absolute atomic E-state index is 12.7. The first-order chi connectivity index (χ1) is 9.85. The van der Waals surface area contributed by atoms with Crippen LogP contribution < -0.4 is 5.73 Å². The first kappa shape index (κ1) is 16.6. The fourth-order valence-corrected chi connectivity index (χ4v) is 5.68. The molecule has 1 saturated heterocycles. The highest BCUT2D eigenvalue weighted by molar-refractivity contribution is 9.10. The molecule has 0 aliphatic carbocycles. The Morgan fingerprint density at radius 1 is 1.48 bits per heavy atom. The maximum atomic E-state index is 12.7. The van der Waals surface area contributed by atoms with Crippen LogP contribution in [0.2, 0.25) is 0 Å². The average Bonchev–Trinajstić information content (AvgIpc) is 2.45. The minimum Gasteiger partial charge on any atom is -0.399 e. The molecule has 1 aliphatic rings. The third-order valence-corrected chi connectivity index (χ3v) is 7.08. The molecule has 1 aromatic rings. The molecular weight excluding hydrogens is 376 g/mol. The number of rotatable bonds is 3. The highest BCUT2D eigenvalue weighted by atomic mass is 79.9. The number of nitrogen functional groups attached to an aromatic ring is 1. The van der Waals surface area contributed by atoms with Gasteiger partial charge in [-0.3, -0.25) is 4.79 Å². The Morgan fingerprint density at radius 2 is 2.19 bits per heavy atom. The number of anilines is 1. The van der Waals surface area contributed by atoms with Crippen molar-refractivity contribution >= 4 is 49.1 Å². The maximum Gasteiger partial charge on any atom is 0.255 e. The number of hydrogen-bond donors (Lipinski definition) is 1. The van der Waals surface area contributed by atoms with Crippen LogP contribution in [-0.4, -0.2) is 48.4 Å². The summed E-state index contributed by atoms with van der Waals surface area (Å²) in [6.07, 6.45) is 0. The van der Waals surface area contributed by atoms with Crippen molar-refractivity contribution in [2.24, 2.45) is 0 Å². The Bertz CT molecular complexity index is 629. The van der Waals surface area contributed by atoms with Crippen molar-refractivity contribution in [1.29, 1.82) is 0 Å². The molecule has 0 bridgehead atoms. The molecular formula is C13H17BrN2O3S2. The quantitative estimate of drug-likeness (QED) is 0.795. The van der Waals surface area contributed by atoms with Gasteiger partial charge in [0, 0.05) is 39.5 Å². The van der Waals surface area contributed by atoms with Gasteiger partial charge in [-0.15, -0.1) is 0 Å². The van der Waals surface area contributed by atoms with Crippen molar-refractivity contribution in [2.45, 2.75) is 12.3 Å². The van der Waals surface area contributed by atoms with E-state index in [1.807, 2.05) is 0 Å². The van der Waals surface area contributed by atoms with Crippen LogP contribution >= 0.6 is 27.7 Å². The van der Waals surface area contributed by atoms with E-state index in [2.05, 4.69) is 15.9 Å². The molecule has 8 heteroatoms. The first-order valence-corrected chi connectivity index (χ1v) is 10.2. The van der Waals surface area contributed by atoms with Crippen LogP contribution in [0.1, 0.15) is 17.3 Å². The van der Waals surface area contributed by atoms with E-state index in [4.69, 9.17) is 5.73 Å². The molecule has 21 heavy (non-hydrogen) atoms. The smallest absolute Gasteiger partial charge is 0.255 e. The SMILES string of the molecule is CCS(=O)(=O)C1CSCCN1C(=O)c1cc(N)cc(Br)c1. The van der Waals surface area contributed by atoms with Gasteiger partial charge in [-0.2, -0.15) is 11.8 Å². The zero-order chi connectivity index (χ0) is 15.6. The molecule has 2 N–H and O–H groups in total. The molecule has 116 valence electrons. The lowest BCUT2D eigenvalue weighted by molar-refractivity contribution is 0.0749. The lowest BCUT2D eigenvalue weighted by Crippen LogP contribution is -2.50. The monoisotopic (exact) mass is 392 g/mol. The summed E-state index contributed by atoms with van der Waals surface area (Å²) < 4.78 is 25.1. The van der Waals surface area contributed by atoms with Crippen LogP contribution in [0.4, 0.5) is 5.69 Å². The topological polar surface area (TPSA) is 80.5 Å². The summed E-state index contributed by atoms with van der Waals surface area (Å²) in [5.41, 5.74) is 6.62. The summed E-state index contributed by atoms with van der Waals surface area (Å²) in [6.45, 7) is 2.04. The molecule has 2 rings (SSSR count). The highest BCUT2D eigenvalue weighted by Crippen LogP contribution is 2.25. The Kier molecular flexibility index (Phi) is 5.21. The number of halogens is 1. The predicted molar refractivity (Wildman–Crippen MR) is 90.2 cm³/mol. The van der Waals surface area contributed by atoms with E-state index in [-0.39, 0.29) is 11.7 Å². The summed E-state index contributed by atoms with van der Waals surface area (Å²) in [4.78, 5) is 14.1. The second-order valence-corrected chi connectivity index (χ2v) is 9.27. The molecule has 0 spiro atoms. The largest absolute Gasteiger partial charge is 0.399 e. The highest BCUT2D eigenvalue weighted by Gasteiger charge is 2.36. The van der Waals surface area contributed by atoms with Crippen molar-refractivity contribution in [3.8, 4) is 0 Å². The standard InChI is InChI=1S/C13H17BrN2O3S2/c1-2-21(18,19)12-8-20-4-3-16(12)13(17)9-5-10(14)7-11(15)6-9/h5-7,12H,2-4,8,15H2,1H3. The molecule has 5 nitrogen and oxygen atoms in total. The molecule has 1 aromatic carbocycles. The second kappa shape index (κ2) is 6.58. The van der Waals surface area contributed by atoms with Gasteiger partial charge in [0.15, 0.2) is 9.84 Å². The molecule has 1 unspecified atom stereocenters. The van der Waals surface area contributed by atoms with Crippen LogP contribution in [0.25, 0.3) is 0 Å². The number of benzene rings is 1. The summed E-state index contributed by atoms with van der Waals surface area (Å²) in [7, 11) is -3.30. The Hall–Kier alpha value is -0.730. The molecule has 1 fully saturated rings. The predicted octanol–water partition coefficient (Wildman–Crippen LogP) is 1.98. The second-order valence-electron chi connectivity index (χ2n) is 4.75. The number of hydrogen-bond acceptors (Lipinski definition) is 5. The fourth-order valence-electron chi connectivity index (χ4n) is 2.20. The lowest BCUT2D eigenvalue weighted by Gasteiger charge is -2.34.